The van der Waals surface area contributed by atoms with Crippen molar-refractivity contribution in [2.75, 3.05) is 7.11 Å². The number of hydrogen-bond acceptors (Lipinski definition) is 4. The Morgan fingerprint density at radius 2 is 1.90 bits per heavy atom. The molecule has 0 aliphatic heterocycles. The van der Waals surface area contributed by atoms with Gasteiger partial charge in [-0.2, -0.15) is 5.10 Å². The Kier molecular flexibility index (Phi) is 7.79. The van der Waals surface area contributed by atoms with Gasteiger partial charge in [0.05, 0.1) is 18.9 Å². The zero-order valence-corrected chi connectivity index (χ0v) is 12.6. The van der Waals surface area contributed by atoms with Gasteiger partial charge >= 0.3 is 5.97 Å². The molecule has 0 unspecified atom stereocenters. The molecule has 0 atom stereocenters. The molecule has 0 bridgehead atoms. The summed E-state index contributed by atoms with van der Waals surface area (Å²) in [5.74, 6) is -0.451. The number of nitrogens with zero attached hydrogens (tertiary/aromatic N) is 1. The third-order valence-corrected chi connectivity index (χ3v) is 2.99. The predicted octanol–water partition coefficient (Wildman–Crippen LogP) is 2.89. The largest absolute Gasteiger partial charge is 0.465 e. The van der Waals surface area contributed by atoms with E-state index in [2.05, 4.69) is 22.2 Å². The molecule has 0 radical (unpaired) electrons. The van der Waals surface area contributed by atoms with Crippen LogP contribution in [-0.4, -0.2) is 25.2 Å². The van der Waals surface area contributed by atoms with Gasteiger partial charge < -0.3 is 4.74 Å². The average Bonchev–Trinajstić information content (AvgIpc) is 2.51. The third kappa shape index (κ3) is 6.70. The van der Waals surface area contributed by atoms with Crippen molar-refractivity contribution in [3.63, 3.8) is 0 Å². The number of methoxy groups -OCH3 is 1. The summed E-state index contributed by atoms with van der Waals surface area (Å²) in [6.45, 7) is 2.13. The minimum absolute atomic E-state index is 0.0754. The molecule has 0 aliphatic rings. The molecule has 0 saturated heterocycles. The Labute approximate surface area is 125 Å². The summed E-state index contributed by atoms with van der Waals surface area (Å²) in [5, 5.41) is 3.89. The maximum Gasteiger partial charge on any atom is 0.337 e. The molecule has 1 amide bonds. The summed E-state index contributed by atoms with van der Waals surface area (Å²) in [4.78, 5) is 22.8. The molecule has 0 aliphatic carbocycles. The van der Waals surface area contributed by atoms with Crippen LogP contribution in [0.25, 0.3) is 0 Å². The van der Waals surface area contributed by atoms with Gasteiger partial charge in [0.15, 0.2) is 0 Å². The molecular formula is C16H22N2O3. The molecule has 1 aromatic rings. The third-order valence-electron chi connectivity index (χ3n) is 2.99. The van der Waals surface area contributed by atoms with Gasteiger partial charge in [-0.3, -0.25) is 4.79 Å². The van der Waals surface area contributed by atoms with Crippen LogP contribution in [0.15, 0.2) is 29.4 Å². The number of benzene rings is 1. The van der Waals surface area contributed by atoms with E-state index in [4.69, 9.17) is 0 Å². The van der Waals surface area contributed by atoms with E-state index in [1.807, 2.05) is 0 Å². The highest BCUT2D eigenvalue weighted by atomic mass is 16.5. The van der Waals surface area contributed by atoms with Crippen molar-refractivity contribution < 1.29 is 14.3 Å². The molecule has 5 nitrogen and oxygen atoms in total. The van der Waals surface area contributed by atoms with Crippen molar-refractivity contribution in [3.8, 4) is 0 Å². The van der Waals surface area contributed by atoms with E-state index in [-0.39, 0.29) is 11.9 Å². The fraction of sp³-hybridized carbons (Fsp3) is 0.438. The van der Waals surface area contributed by atoms with E-state index in [1.165, 1.54) is 7.11 Å². The number of unbranched alkanes of at least 4 members (excludes halogenated alkanes) is 3. The van der Waals surface area contributed by atoms with E-state index < -0.39 is 0 Å². The van der Waals surface area contributed by atoms with Gasteiger partial charge in [0.2, 0.25) is 5.91 Å². The van der Waals surface area contributed by atoms with Crippen LogP contribution in [0.5, 0.6) is 0 Å². The first-order valence-electron chi connectivity index (χ1n) is 7.17. The average molecular weight is 290 g/mol. The highest BCUT2D eigenvalue weighted by Crippen LogP contribution is 2.04. The standard InChI is InChI=1S/C16H22N2O3/c1-3-4-5-6-7-15(19)18-17-12-13-8-10-14(11-9-13)16(20)21-2/h8-12H,3-7H2,1-2H3,(H,18,19)/b17-12+. The maximum atomic E-state index is 11.5. The minimum atomic E-state index is -0.376. The van der Waals surface area contributed by atoms with Crippen LogP contribution in [0.1, 0.15) is 54.9 Å². The first-order valence-corrected chi connectivity index (χ1v) is 7.17. The lowest BCUT2D eigenvalue weighted by atomic mass is 10.1. The quantitative estimate of drug-likeness (QED) is 0.346. The van der Waals surface area contributed by atoms with Crippen LogP contribution < -0.4 is 5.43 Å². The van der Waals surface area contributed by atoms with Crippen molar-refractivity contribution >= 4 is 18.1 Å². The van der Waals surface area contributed by atoms with E-state index >= 15 is 0 Å². The summed E-state index contributed by atoms with van der Waals surface area (Å²) in [5.41, 5.74) is 3.78. The van der Waals surface area contributed by atoms with Gasteiger partial charge in [0, 0.05) is 6.42 Å². The number of rotatable bonds is 8. The zero-order chi connectivity index (χ0) is 15.5. The second-order valence-corrected chi connectivity index (χ2v) is 4.72. The molecule has 0 fully saturated rings. The normalized spacial score (nSPS) is 10.6. The van der Waals surface area contributed by atoms with Crippen LogP contribution >= 0.6 is 0 Å². The molecule has 1 aromatic carbocycles. The first kappa shape index (κ1) is 16.9. The highest BCUT2D eigenvalue weighted by Gasteiger charge is 2.03. The number of carbonyl (C=O) groups excluding carboxylic acids is 2. The lowest BCUT2D eigenvalue weighted by Crippen LogP contribution is -2.16. The van der Waals surface area contributed by atoms with Crippen LogP contribution in [0.3, 0.4) is 0 Å². The highest BCUT2D eigenvalue weighted by molar-refractivity contribution is 5.90. The van der Waals surface area contributed by atoms with E-state index in [0.29, 0.717) is 12.0 Å². The van der Waals surface area contributed by atoms with Crippen molar-refractivity contribution in [2.24, 2.45) is 5.10 Å². The molecule has 1 rings (SSSR count). The van der Waals surface area contributed by atoms with Gasteiger partial charge in [-0.05, 0) is 24.1 Å². The molecule has 0 spiro atoms. The van der Waals surface area contributed by atoms with Crippen molar-refractivity contribution in [1.29, 1.82) is 0 Å². The molecule has 0 heterocycles. The Morgan fingerprint density at radius 3 is 2.52 bits per heavy atom. The number of hydrazone groups is 1. The molecule has 21 heavy (non-hydrogen) atoms. The van der Waals surface area contributed by atoms with Crippen molar-refractivity contribution in [2.45, 2.75) is 39.0 Å². The summed E-state index contributed by atoms with van der Waals surface area (Å²) < 4.78 is 4.61. The minimum Gasteiger partial charge on any atom is -0.465 e. The Hall–Kier alpha value is -2.17. The summed E-state index contributed by atoms with van der Waals surface area (Å²) in [6.07, 6.45) is 6.32. The molecule has 114 valence electrons. The van der Waals surface area contributed by atoms with Crippen molar-refractivity contribution in [3.05, 3.63) is 35.4 Å². The molecule has 0 aromatic heterocycles. The second kappa shape index (κ2) is 9.69. The monoisotopic (exact) mass is 290 g/mol. The number of amides is 1. The summed E-state index contributed by atoms with van der Waals surface area (Å²) >= 11 is 0. The number of carbonyl (C=O) groups is 2. The number of esters is 1. The summed E-state index contributed by atoms with van der Waals surface area (Å²) in [6, 6.07) is 6.78. The number of ether oxygens (including phenoxy) is 1. The van der Waals surface area contributed by atoms with Crippen LogP contribution in [-0.2, 0) is 9.53 Å². The van der Waals surface area contributed by atoms with Crippen LogP contribution in [0, 0.1) is 0 Å². The smallest absolute Gasteiger partial charge is 0.337 e. The van der Waals surface area contributed by atoms with E-state index in [1.54, 1.807) is 30.5 Å². The second-order valence-electron chi connectivity index (χ2n) is 4.72. The van der Waals surface area contributed by atoms with Gasteiger partial charge in [-0.1, -0.05) is 38.3 Å². The predicted molar refractivity (Wildman–Crippen MR) is 82.3 cm³/mol. The fourth-order valence-corrected chi connectivity index (χ4v) is 1.77. The fourth-order valence-electron chi connectivity index (χ4n) is 1.77. The van der Waals surface area contributed by atoms with Crippen molar-refractivity contribution in [1.82, 2.24) is 5.43 Å². The van der Waals surface area contributed by atoms with Gasteiger partial charge in [-0.25, -0.2) is 10.2 Å². The van der Waals surface area contributed by atoms with Gasteiger partial charge in [-0.15, -0.1) is 0 Å². The number of nitrogens with one attached hydrogen (secondary N) is 1. The number of hydrogen-bond donors (Lipinski definition) is 1. The Bertz CT molecular complexity index is 481. The van der Waals surface area contributed by atoms with Gasteiger partial charge in [0.25, 0.3) is 0 Å². The zero-order valence-electron chi connectivity index (χ0n) is 12.6. The van der Waals surface area contributed by atoms with Gasteiger partial charge in [0.1, 0.15) is 0 Å². The lowest BCUT2D eigenvalue weighted by molar-refractivity contribution is -0.121. The first-order chi connectivity index (χ1) is 10.2. The molecule has 0 saturated carbocycles. The lowest BCUT2D eigenvalue weighted by Gasteiger charge is -2.00. The summed E-state index contributed by atoms with van der Waals surface area (Å²) in [7, 11) is 1.34. The Morgan fingerprint density at radius 1 is 1.19 bits per heavy atom. The maximum absolute atomic E-state index is 11.5. The van der Waals surface area contributed by atoms with E-state index in [9.17, 15) is 9.59 Å². The molecule has 5 heteroatoms. The van der Waals surface area contributed by atoms with Crippen LogP contribution in [0.4, 0.5) is 0 Å². The van der Waals surface area contributed by atoms with Crippen LogP contribution in [0.2, 0.25) is 0 Å². The SMILES string of the molecule is CCCCCCC(=O)N/N=C/c1ccc(C(=O)OC)cc1. The Balaban J connectivity index is 2.36. The molecular weight excluding hydrogens is 268 g/mol. The topological polar surface area (TPSA) is 67.8 Å². The van der Waals surface area contributed by atoms with E-state index in [0.717, 1.165) is 31.2 Å². The molecule has 1 N–H and O–H groups in total.